The molecular weight excluding hydrogens is 280 g/mol. The maximum absolute atomic E-state index is 12.3. The second-order valence-corrected chi connectivity index (χ2v) is 5.37. The summed E-state index contributed by atoms with van der Waals surface area (Å²) in [6.07, 6.45) is 5.20. The molecular formula is C16H20N4O2. The van der Waals surface area contributed by atoms with E-state index in [2.05, 4.69) is 15.2 Å². The molecule has 2 aromatic rings. The monoisotopic (exact) mass is 300 g/mol. The van der Waals surface area contributed by atoms with Crippen molar-refractivity contribution in [2.24, 2.45) is 0 Å². The minimum absolute atomic E-state index is 0.0433. The standard InChI is InChI=1S/C16H20N4O2/c1-13(15-3-2-12-22-15)18-16(21)20-10-8-19(9-11-20)14-4-6-17-7-5-14/h2-7,12-13H,8-11H2,1H3,(H,18,21)/t13-/m0/s1. The molecule has 6 nitrogen and oxygen atoms in total. The molecule has 1 N–H and O–H groups in total. The highest BCUT2D eigenvalue weighted by atomic mass is 16.3. The highest BCUT2D eigenvalue weighted by Gasteiger charge is 2.23. The number of anilines is 1. The van der Waals surface area contributed by atoms with Gasteiger partial charge in [0.25, 0.3) is 0 Å². The highest BCUT2D eigenvalue weighted by Crippen LogP contribution is 2.16. The van der Waals surface area contributed by atoms with Crippen LogP contribution in [-0.2, 0) is 0 Å². The number of amides is 2. The van der Waals surface area contributed by atoms with Crippen LogP contribution in [0.25, 0.3) is 0 Å². The first-order chi connectivity index (χ1) is 10.7. The molecule has 1 aliphatic rings. The Morgan fingerprint density at radius 1 is 1.23 bits per heavy atom. The van der Waals surface area contributed by atoms with E-state index < -0.39 is 0 Å². The number of furan rings is 1. The molecule has 0 spiro atoms. The van der Waals surface area contributed by atoms with Gasteiger partial charge in [0, 0.05) is 44.3 Å². The second kappa shape index (κ2) is 6.51. The van der Waals surface area contributed by atoms with Crippen LogP contribution >= 0.6 is 0 Å². The van der Waals surface area contributed by atoms with Crippen molar-refractivity contribution in [1.82, 2.24) is 15.2 Å². The third-order valence-electron chi connectivity index (χ3n) is 3.90. The molecule has 0 bridgehead atoms. The predicted molar refractivity (Wildman–Crippen MR) is 83.7 cm³/mol. The fourth-order valence-corrected chi connectivity index (χ4v) is 2.61. The summed E-state index contributed by atoms with van der Waals surface area (Å²) in [7, 11) is 0. The number of piperazine rings is 1. The van der Waals surface area contributed by atoms with Gasteiger partial charge in [0.15, 0.2) is 0 Å². The number of nitrogens with one attached hydrogen (secondary N) is 1. The van der Waals surface area contributed by atoms with Crippen LogP contribution in [0.4, 0.5) is 10.5 Å². The number of carbonyl (C=O) groups is 1. The number of carbonyl (C=O) groups excluding carboxylic acids is 1. The summed E-state index contributed by atoms with van der Waals surface area (Å²) >= 11 is 0. The Labute approximate surface area is 129 Å². The van der Waals surface area contributed by atoms with E-state index in [0.29, 0.717) is 13.1 Å². The first kappa shape index (κ1) is 14.4. The number of aromatic nitrogens is 1. The molecule has 6 heteroatoms. The van der Waals surface area contributed by atoms with E-state index in [9.17, 15) is 4.79 Å². The van der Waals surface area contributed by atoms with Crippen LogP contribution in [0.3, 0.4) is 0 Å². The zero-order valence-electron chi connectivity index (χ0n) is 12.6. The Morgan fingerprint density at radius 3 is 2.59 bits per heavy atom. The Morgan fingerprint density at radius 2 is 1.95 bits per heavy atom. The third-order valence-corrected chi connectivity index (χ3v) is 3.90. The lowest BCUT2D eigenvalue weighted by molar-refractivity contribution is 0.189. The maximum Gasteiger partial charge on any atom is 0.318 e. The van der Waals surface area contributed by atoms with Gasteiger partial charge >= 0.3 is 6.03 Å². The average molecular weight is 300 g/mol. The van der Waals surface area contributed by atoms with Crippen LogP contribution in [0, 0.1) is 0 Å². The normalized spacial score (nSPS) is 16.4. The minimum Gasteiger partial charge on any atom is -0.467 e. The number of hydrogen-bond acceptors (Lipinski definition) is 4. The minimum atomic E-state index is -0.124. The quantitative estimate of drug-likeness (QED) is 0.944. The molecule has 22 heavy (non-hydrogen) atoms. The van der Waals surface area contributed by atoms with E-state index in [-0.39, 0.29) is 12.1 Å². The Kier molecular flexibility index (Phi) is 4.27. The van der Waals surface area contributed by atoms with Crippen molar-refractivity contribution in [3.63, 3.8) is 0 Å². The van der Waals surface area contributed by atoms with Gasteiger partial charge in [-0.25, -0.2) is 4.79 Å². The van der Waals surface area contributed by atoms with Crippen molar-refractivity contribution < 1.29 is 9.21 Å². The third kappa shape index (κ3) is 3.21. The highest BCUT2D eigenvalue weighted by molar-refractivity contribution is 5.75. The Hall–Kier alpha value is -2.50. The number of hydrogen-bond donors (Lipinski definition) is 1. The molecule has 1 saturated heterocycles. The van der Waals surface area contributed by atoms with Crippen LogP contribution in [0.15, 0.2) is 47.3 Å². The largest absolute Gasteiger partial charge is 0.467 e. The van der Waals surface area contributed by atoms with Crippen LogP contribution in [0.5, 0.6) is 0 Å². The fraction of sp³-hybridized carbons (Fsp3) is 0.375. The lowest BCUT2D eigenvalue weighted by Crippen LogP contribution is -2.52. The number of urea groups is 1. The molecule has 2 aromatic heterocycles. The van der Waals surface area contributed by atoms with Gasteiger partial charge < -0.3 is 19.5 Å². The second-order valence-electron chi connectivity index (χ2n) is 5.37. The molecule has 1 aliphatic heterocycles. The molecule has 1 fully saturated rings. The van der Waals surface area contributed by atoms with Crippen LogP contribution in [0.2, 0.25) is 0 Å². The van der Waals surface area contributed by atoms with Gasteiger partial charge in [-0.2, -0.15) is 0 Å². The Bertz CT molecular complexity index is 592. The van der Waals surface area contributed by atoms with E-state index in [0.717, 1.165) is 24.5 Å². The number of nitrogens with zero attached hydrogens (tertiary/aromatic N) is 3. The fourth-order valence-electron chi connectivity index (χ4n) is 2.61. The van der Waals surface area contributed by atoms with Crippen molar-refractivity contribution in [2.45, 2.75) is 13.0 Å². The van der Waals surface area contributed by atoms with Crippen LogP contribution in [0.1, 0.15) is 18.7 Å². The molecule has 3 heterocycles. The smallest absolute Gasteiger partial charge is 0.318 e. The molecule has 0 radical (unpaired) electrons. The van der Waals surface area contributed by atoms with Crippen molar-refractivity contribution in [1.29, 1.82) is 0 Å². The predicted octanol–water partition coefficient (Wildman–Crippen LogP) is 2.27. The molecule has 0 unspecified atom stereocenters. The zero-order chi connectivity index (χ0) is 15.4. The molecule has 1 atom stereocenters. The van der Waals surface area contributed by atoms with E-state index in [1.807, 2.05) is 36.1 Å². The van der Waals surface area contributed by atoms with Gasteiger partial charge in [0.1, 0.15) is 5.76 Å². The van der Waals surface area contributed by atoms with Crippen LogP contribution < -0.4 is 10.2 Å². The first-order valence-corrected chi connectivity index (χ1v) is 7.48. The summed E-state index contributed by atoms with van der Waals surface area (Å²) in [6.45, 7) is 4.99. The van der Waals surface area contributed by atoms with Gasteiger partial charge in [-0.05, 0) is 31.2 Å². The van der Waals surface area contributed by atoms with Gasteiger partial charge in [0.2, 0.25) is 0 Å². The van der Waals surface area contributed by atoms with Crippen molar-refractivity contribution in [3.8, 4) is 0 Å². The number of rotatable bonds is 3. The summed E-state index contributed by atoms with van der Waals surface area (Å²) in [6, 6.07) is 7.51. The van der Waals surface area contributed by atoms with E-state index in [4.69, 9.17) is 4.42 Å². The molecule has 2 amide bonds. The summed E-state index contributed by atoms with van der Waals surface area (Å²) in [5.41, 5.74) is 1.15. The van der Waals surface area contributed by atoms with Crippen molar-refractivity contribution in [3.05, 3.63) is 48.7 Å². The van der Waals surface area contributed by atoms with E-state index >= 15 is 0 Å². The zero-order valence-corrected chi connectivity index (χ0v) is 12.6. The molecule has 0 aromatic carbocycles. The molecule has 3 rings (SSSR count). The average Bonchev–Trinajstić information content (AvgIpc) is 3.10. The van der Waals surface area contributed by atoms with E-state index in [1.165, 1.54) is 0 Å². The van der Waals surface area contributed by atoms with Crippen molar-refractivity contribution >= 4 is 11.7 Å². The summed E-state index contributed by atoms with van der Waals surface area (Å²) in [5.74, 6) is 0.767. The number of pyridine rings is 1. The summed E-state index contributed by atoms with van der Waals surface area (Å²) < 4.78 is 5.31. The van der Waals surface area contributed by atoms with Gasteiger partial charge in [0.05, 0.1) is 12.3 Å². The maximum atomic E-state index is 12.3. The van der Waals surface area contributed by atoms with Gasteiger partial charge in [-0.15, -0.1) is 0 Å². The topological polar surface area (TPSA) is 61.6 Å². The van der Waals surface area contributed by atoms with Crippen LogP contribution in [-0.4, -0.2) is 42.1 Å². The first-order valence-electron chi connectivity index (χ1n) is 7.48. The lowest BCUT2D eigenvalue weighted by atomic mass is 10.2. The SMILES string of the molecule is C[C@H](NC(=O)N1CCN(c2ccncc2)CC1)c1ccco1. The van der Waals surface area contributed by atoms with Gasteiger partial charge in [-0.1, -0.05) is 0 Å². The lowest BCUT2D eigenvalue weighted by Gasteiger charge is -2.36. The Balaban J connectivity index is 1.52. The van der Waals surface area contributed by atoms with Crippen molar-refractivity contribution in [2.75, 3.05) is 31.1 Å². The van der Waals surface area contributed by atoms with Gasteiger partial charge in [-0.3, -0.25) is 4.98 Å². The summed E-state index contributed by atoms with van der Waals surface area (Å²) in [5, 5.41) is 2.97. The molecule has 0 aliphatic carbocycles. The summed E-state index contributed by atoms with van der Waals surface area (Å²) in [4.78, 5) is 20.4. The molecule has 116 valence electrons. The van der Waals surface area contributed by atoms with E-state index in [1.54, 1.807) is 18.7 Å². The molecule has 0 saturated carbocycles.